The summed E-state index contributed by atoms with van der Waals surface area (Å²) in [5.74, 6) is 0.836. The number of sulfone groups is 1. The predicted molar refractivity (Wildman–Crippen MR) is 84.5 cm³/mol. The Bertz CT molecular complexity index is 829. The molecular weight excluding hydrogens is 314 g/mol. The molecule has 2 aliphatic rings. The highest BCUT2D eigenvalue weighted by Gasteiger charge is 2.35. The second-order valence-electron chi connectivity index (χ2n) is 6.31. The van der Waals surface area contributed by atoms with E-state index in [0.29, 0.717) is 18.7 Å². The van der Waals surface area contributed by atoms with Crippen molar-refractivity contribution in [2.24, 2.45) is 0 Å². The van der Waals surface area contributed by atoms with Crippen LogP contribution in [-0.2, 0) is 22.7 Å². The molecule has 0 amide bonds. The topological polar surface area (TPSA) is 86.0 Å². The molecule has 4 rings (SSSR count). The van der Waals surface area contributed by atoms with Gasteiger partial charge in [0.1, 0.15) is 10.9 Å². The fourth-order valence-corrected chi connectivity index (χ4v) is 5.37. The minimum atomic E-state index is -3.18. The molecule has 0 saturated carbocycles. The van der Waals surface area contributed by atoms with Crippen molar-refractivity contribution in [3.63, 3.8) is 0 Å². The first-order valence-electron chi connectivity index (χ1n) is 8.17. The van der Waals surface area contributed by atoms with Gasteiger partial charge in [-0.3, -0.25) is 4.98 Å². The molecule has 1 aliphatic heterocycles. The number of fused-ring (bicyclic) bond motifs is 1. The van der Waals surface area contributed by atoms with E-state index in [2.05, 4.69) is 15.1 Å². The molecule has 0 bridgehead atoms. The summed E-state index contributed by atoms with van der Waals surface area (Å²) in [6.07, 6.45) is 8.25. The summed E-state index contributed by atoms with van der Waals surface area (Å²) >= 11 is 0. The van der Waals surface area contributed by atoms with Crippen LogP contribution in [0.4, 0.5) is 0 Å². The van der Waals surface area contributed by atoms with Crippen LogP contribution in [-0.4, -0.2) is 29.3 Å². The van der Waals surface area contributed by atoms with Crippen LogP contribution >= 0.6 is 0 Å². The van der Waals surface area contributed by atoms with Crippen molar-refractivity contribution < 1.29 is 12.9 Å². The van der Waals surface area contributed by atoms with Crippen LogP contribution in [0, 0.1) is 0 Å². The summed E-state index contributed by atoms with van der Waals surface area (Å²) in [4.78, 5) is 8.81. The van der Waals surface area contributed by atoms with Crippen molar-refractivity contribution in [1.29, 1.82) is 0 Å². The van der Waals surface area contributed by atoms with Gasteiger partial charge in [0.15, 0.2) is 9.84 Å². The zero-order chi connectivity index (χ0) is 15.9. The zero-order valence-electron chi connectivity index (χ0n) is 12.9. The second-order valence-corrected chi connectivity index (χ2v) is 8.61. The molecule has 122 valence electrons. The fourth-order valence-electron chi connectivity index (χ4n) is 3.55. The summed E-state index contributed by atoms with van der Waals surface area (Å²) in [6.45, 7) is 0. The highest BCUT2D eigenvalue weighted by Crippen LogP contribution is 2.34. The van der Waals surface area contributed by atoms with Crippen molar-refractivity contribution in [2.75, 3.05) is 5.75 Å². The Morgan fingerprint density at radius 1 is 1.13 bits per heavy atom. The minimum Gasteiger partial charge on any atom is -0.337 e. The summed E-state index contributed by atoms with van der Waals surface area (Å²) in [7, 11) is -3.18. The third kappa shape index (κ3) is 2.67. The van der Waals surface area contributed by atoms with Crippen LogP contribution in [0.5, 0.6) is 0 Å². The number of hydrogen-bond acceptors (Lipinski definition) is 6. The van der Waals surface area contributed by atoms with Gasteiger partial charge in [-0.25, -0.2) is 8.42 Å². The van der Waals surface area contributed by atoms with E-state index in [1.165, 1.54) is 17.5 Å². The quantitative estimate of drug-likeness (QED) is 0.840. The smallest absolute Gasteiger partial charge is 0.245 e. The van der Waals surface area contributed by atoms with Crippen LogP contribution in [0.3, 0.4) is 0 Å². The largest absolute Gasteiger partial charge is 0.337 e. The normalized spacial score (nSPS) is 23.4. The van der Waals surface area contributed by atoms with Crippen LogP contribution < -0.4 is 0 Å². The van der Waals surface area contributed by atoms with Gasteiger partial charge in [-0.15, -0.1) is 0 Å². The molecule has 1 unspecified atom stereocenters. The van der Waals surface area contributed by atoms with Gasteiger partial charge in [-0.05, 0) is 55.7 Å². The molecule has 0 N–H and O–H groups in total. The Balaban J connectivity index is 1.71. The Labute approximate surface area is 135 Å². The zero-order valence-corrected chi connectivity index (χ0v) is 13.7. The van der Waals surface area contributed by atoms with Crippen molar-refractivity contribution in [1.82, 2.24) is 15.1 Å². The van der Waals surface area contributed by atoms with E-state index in [4.69, 9.17) is 4.52 Å². The Morgan fingerprint density at radius 3 is 2.87 bits per heavy atom. The monoisotopic (exact) mass is 333 g/mol. The van der Waals surface area contributed by atoms with Gasteiger partial charge in [-0.2, -0.15) is 4.98 Å². The molecular formula is C16H19N3O3S. The molecule has 2 aromatic rings. The molecule has 0 aromatic carbocycles. The van der Waals surface area contributed by atoms with E-state index in [1.807, 2.05) is 6.07 Å². The first-order chi connectivity index (χ1) is 11.1. The molecule has 0 spiro atoms. The van der Waals surface area contributed by atoms with E-state index in [1.54, 1.807) is 6.20 Å². The van der Waals surface area contributed by atoms with Gasteiger partial charge in [0.05, 0.1) is 5.75 Å². The van der Waals surface area contributed by atoms with Crippen LogP contribution in [0.25, 0.3) is 11.5 Å². The van der Waals surface area contributed by atoms with Crippen LogP contribution in [0.1, 0.15) is 54.4 Å². The van der Waals surface area contributed by atoms with Gasteiger partial charge in [0.25, 0.3) is 0 Å². The molecule has 23 heavy (non-hydrogen) atoms. The summed E-state index contributed by atoms with van der Waals surface area (Å²) in [5.41, 5.74) is 3.21. The predicted octanol–water partition coefficient (Wildman–Crippen LogP) is 2.65. The lowest BCUT2D eigenvalue weighted by atomic mass is 9.91. The fraction of sp³-hybridized carbons (Fsp3) is 0.562. The maximum absolute atomic E-state index is 12.2. The first-order valence-corrected chi connectivity index (χ1v) is 9.89. The average Bonchev–Trinajstić information content (AvgIpc) is 3.03. The third-order valence-corrected chi connectivity index (χ3v) is 6.95. The lowest BCUT2D eigenvalue weighted by molar-refractivity contribution is 0.363. The second kappa shape index (κ2) is 5.70. The van der Waals surface area contributed by atoms with E-state index < -0.39 is 15.1 Å². The first kappa shape index (κ1) is 14.8. The van der Waals surface area contributed by atoms with Crippen molar-refractivity contribution in [3.05, 3.63) is 29.3 Å². The van der Waals surface area contributed by atoms with E-state index in [-0.39, 0.29) is 11.6 Å². The van der Waals surface area contributed by atoms with E-state index >= 15 is 0 Å². The molecule has 1 aliphatic carbocycles. The van der Waals surface area contributed by atoms with E-state index in [9.17, 15) is 8.42 Å². The Kier molecular flexibility index (Phi) is 3.67. The lowest BCUT2D eigenvalue weighted by Gasteiger charge is -2.18. The summed E-state index contributed by atoms with van der Waals surface area (Å²) in [6, 6.07) is 2.05. The van der Waals surface area contributed by atoms with Gasteiger partial charge in [0.2, 0.25) is 11.7 Å². The summed E-state index contributed by atoms with van der Waals surface area (Å²) < 4.78 is 29.7. The maximum Gasteiger partial charge on any atom is 0.245 e. The standard InChI is InChI=1S/C16H19N3O3S/c20-23(21)10-4-3-7-13(23)16-18-15(19-22-16)14-12-6-2-1-5-11(12)8-9-17-14/h8-9,13H,1-7,10H2. The van der Waals surface area contributed by atoms with Crippen molar-refractivity contribution in [2.45, 2.75) is 50.2 Å². The third-order valence-electron chi connectivity index (χ3n) is 4.78. The van der Waals surface area contributed by atoms with E-state index in [0.717, 1.165) is 31.4 Å². The highest BCUT2D eigenvalue weighted by atomic mass is 32.2. The molecule has 1 atom stereocenters. The average molecular weight is 333 g/mol. The number of hydrogen-bond donors (Lipinski definition) is 0. The molecule has 0 radical (unpaired) electrons. The molecule has 7 heteroatoms. The molecule has 3 heterocycles. The molecule has 1 saturated heterocycles. The van der Waals surface area contributed by atoms with Gasteiger partial charge >= 0.3 is 0 Å². The highest BCUT2D eigenvalue weighted by molar-refractivity contribution is 7.91. The Hall–Kier alpha value is -1.76. The number of nitrogens with zero attached hydrogens (tertiary/aromatic N) is 3. The molecule has 6 nitrogen and oxygen atoms in total. The van der Waals surface area contributed by atoms with Gasteiger partial charge in [0, 0.05) is 6.20 Å². The number of rotatable bonds is 2. The molecule has 2 aromatic heterocycles. The van der Waals surface area contributed by atoms with Crippen LogP contribution in [0.15, 0.2) is 16.8 Å². The number of aryl methyl sites for hydroxylation is 1. The lowest BCUT2D eigenvalue weighted by Crippen LogP contribution is -2.21. The van der Waals surface area contributed by atoms with Gasteiger partial charge in [-0.1, -0.05) is 11.6 Å². The molecule has 1 fully saturated rings. The number of pyridine rings is 1. The van der Waals surface area contributed by atoms with Crippen molar-refractivity contribution >= 4 is 9.84 Å². The van der Waals surface area contributed by atoms with Crippen LogP contribution in [0.2, 0.25) is 0 Å². The maximum atomic E-state index is 12.2. The van der Waals surface area contributed by atoms with Gasteiger partial charge < -0.3 is 4.52 Å². The SMILES string of the molecule is O=S1(=O)CCCCC1c1nc(-c2nccc3c2CCCC3)no1. The van der Waals surface area contributed by atoms with Crippen molar-refractivity contribution in [3.8, 4) is 11.5 Å². The minimum absolute atomic E-state index is 0.203. The Morgan fingerprint density at radius 2 is 2.00 bits per heavy atom. The summed E-state index contributed by atoms with van der Waals surface area (Å²) in [5, 5.41) is 3.37. The number of aromatic nitrogens is 3.